The Morgan fingerprint density at radius 1 is 1.73 bits per heavy atom. The number of amides is 1. The van der Waals surface area contributed by atoms with Crippen LogP contribution in [0.3, 0.4) is 0 Å². The van der Waals surface area contributed by atoms with E-state index < -0.39 is 5.44 Å². The molecule has 0 saturated carbocycles. The summed E-state index contributed by atoms with van der Waals surface area (Å²) in [5, 5.41) is 10.8. The Kier molecular flexibility index (Phi) is 2.57. The van der Waals surface area contributed by atoms with Crippen molar-refractivity contribution < 1.29 is 9.90 Å². The number of carbonyl (C=O) groups is 1. The number of nitrogens with zero attached hydrogens (tertiary/aromatic N) is 1. The minimum Gasteiger partial charge on any atom is -0.373 e. The third kappa shape index (κ3) is 1.75. The molecule has 3 nitrogen and oxygen atoms in total. The summed E-state index contributed by atoms with van der Waals surface area (Å²) in [6, 6.07) is 0.120. The van der Waals surface area contributed by atoms with E-state index in [0.717, 1.165) is 11.8 Å². The molecule has 0 aromatic heterocycles. The van der Waals surface area contributed by atoms with Crippen molar-refractivity contribution in [1.82, 2.24) is 4.90 Å². The molecule has 0 spiro atoms. The summed E-state index contributed by atoms with van der Waals surface area (Å²) in [4.78, 5) is 12.7. The summed E-state index contributed by atoms with van der Waals surface area (Å²) in [5.41, 5.74) is -0.914. The maximum absolute atomic E-state index is 11.2. The molecule has 0 bridgehead atoms. The monoisotopic (exact) mass is 173 g/mol. The highest BCUT2D eigenvalue weighted by molar-refractivity contribution is 8.03. The second-order valence-corrected chi connectivity index (χ2v) is 3.60. The number of rotatable bonds is 1. The molecule has 0 aromatic rings. The van der Waals surface area contributed by atoms with E-state index in [2.05, 4.69) is 0 Å². The van der Waals surface area contributed by atoms with Gasteiger partial charge in [-0.05, 0) is 19.3 Å². The van der Waals surface area contributed by atoms with Gasteiger partial charge in [0, 0.05) is 12.2 Å². The fraction of sp³-hybridized carbons (Fsp3) is 0.571. The first-order valence-corrected chi connectivity index (χ1v) is 4.39. The average Bonchev–Trinajstić information content (AvgIpc) is 1.94. The van der Waals surface area contributed by atoms with Gasteiger partial charge in [-0.25, -0.2) is 0 Å². The van der Waals surface area contributed by atoms with Gasteiger partial charge in [0.25, 0.3) is 5.91 Å². The molecule has 4 heteroatoms. The number of aliphatic hydroxyl groups is 1. The van der Waals surface area contributed by atoms with Crippen molar-refractivity contribution >= 4 is 17.7 Å². The molecule has 1 amide bonds. The molecule has 1 aliphatic rings. The standard InChI is InChI=1S/C7H11NO2S/c1-5(2)8-3-4-11-7(10)6(8)9/h3-5,7,10H,1-2H3. The quantitative estimate of drug-likeness (QED) is 0.636. The zero-order valence-electron chi connectivity index (χ0n) is 6.52. The zero-order chi connectivity index (χ0) is 8.43. The predicted octanol–water partition coefficient (Wildman–Crippen LogP) is 0.760. The highest BCUT2D eigenvalue weighted by Crippen LogP contribution is 2.20. The van der Waals surface area contributed by atoms with Gasteiger partial charge >= 0.3 is 0 Å². The van der Waals surface area contributed by atoms with Crippen molar-refractivity contribution in [2.75, 3.05) is 0 Å². The number of aliphatic hydroxyl groups excluding tert-OH is 1. The SMILES string of the molecule is CC(C)N1C=CSC(O)C1=O. The van der Waals surface area contributed by atoms with Crippen molar-refractivity contribution in [3.05, 3.63) is 11.6 Å². The molecule has 0 saturated heterocycles. The largest absolute Gasteiger partial charge is 0.373 e. The third-order valence-electron chi connectivity index (χ3n) is 1.45. The molecule has 1 unspecified atom stereocenters. The second kappa shape index (κ2) is 3.28. The van der Waals surface area contributed by atoms with E-state index in [1.807, 2.05) is 13.8 Å². The molecular weight excluding hydrogens is 162 g/mol. The fourth-order valence-electron chi connectivity index (χ4n) is 0.861. The Morgan fingerprint density at radius 2 is 2.36 bits per heavy atom. The van der Waals surface area contributed by atoms with Crippen molar-refractivity contribution in [2.45, 2.75) is 25.3 Å². The van der Waals surface area contributed by atoms with Gasteiger partial charge in [-0.1, -0.05) is 11.8 Å². The molecular formula is C7H11NO2S. The van der Waals surface area contributed by atoms with Crippen molar-refractivity contribution in [2.24, 2.45) is 0 Å². The van der Waals surface area contributed by atoms with Gasteiger partial charge in [0.05, 0.1) is 0 Å². The highest BCUT2D eigenvalue weighted by atomic mass is 32.2. The smallest absolute Gasteiger partial charge is 0.266 e. The van der Waals surface area contributed by atoms with Crippen LogP contribution in [0.5, 0.6) is 0 Å². The van der Waals surface area contributed by atoms with E-state index >= 15 is 0 Å². The van der Waals surface area contributed by atoms with Crippen LogP contribution >= 0.6 is 11.8 Å². The predicted molar refractivity (Wildman–Crippen MR) is 44.7 cm³/mol. The Morgan fingerprint density at radius 3 is 2.82 bits per heavy atom. The number of hydrogen-bond acceptors (Lipinski definition) is 3. The van der Waals surface area contributed by atoms with Crippen LogP contribution in [-0.4, -0.2) is 27.4 Å². The van der Waals surface area contributed by atoms with Gasteiger partial charge in [0.2, 0.25) is 0 Å². The van der Waals surface area contributed by atoms with E-state index in [0.29, 0.717) is 0 Å². The number of thioether (sulfide) groups is 1. The van der Waals surface area contributed by atoms with Crippen LogP contribution in [0.4, 0.5) is 0 Å². The van der Waals surface area contributed by atoms with Crippen LogP contribution in [0.2, 0.25) is 0 Å². The summed E-state index contributed by atoms with van der Waals surface area (Å²) in [5.74, 6) is -0.229. The number of carbonyl (C=O) groups excluding carboxylic acids is 1. The molecule has 0 fully saturated rings. The van der Waals surface area contributed by atoms with Gasteiger partial charge < -0.3 is 10.0 Å². The van der Waals surface area contributed by atoms with Gasteiger partial charge in [-0.2, -0.15) is 0 Å². The van der Waals surface area contributed by atoms with Crippen molar-refractivity contribution in [3.8, 4) is 0 Å². The van der Waals surface area contributed by atoms with Gasteiger partial charge in [0.1, 0.15) is 0 Å². The summed E-state index contributed by atoms with van der Waals surface area (Å²) < 4.78 is 0. The lowest BCUT2D eigenvalue weighted by Gasteiger charge is -2.27. The van der Waals surface area contributed by atoms with Crippen LogP contribution in [0.25, 0.3) is 0 Å². The van der Waals surface area contributed by atoms with Gasteiger partial charge in [-0.15, -0.1) is 0 Å². The van der Waals surface area contributed by atoms with E-state index in [-0.39, 0.29) is 11.9 Å². The van der Waals surface area contributed by atoms with Crippen LogP contribution in [0, 0.1) is 0 Å². The molecule has 0 radical (unpaired) electrons. The minimum atomic E-state index is -0.914. The highest BCUT2D eigenvalue weighted by Gasteiger charge is 2.25. The van der Waals surface area contributed by atoms with E-state index in [4.69, 9.17) is 5.11 Å². The fourth-order valence-corrected chi connectivity index (χ4v) is 1.45. The Labute approximate surface area is 70.1 Å². The molecule has 0 aromatic carbocycles. The first-order valence-electron chi connectivity index (χ1n) is 3.45. The summed E-state index contributed by atoms with van der Waals surface area (Å²) in [7, 11) is 0. The zero-order valence-corrected chi connectivity index (χ0v) is 7.34. The Bertz CT molecular complexity index is 191. The summed E-state index contributed by atoms with van der Waals surface area (Å²) >= 11 is 1.13. The molecule has 1 aliphatic heterocycles. The van der Waals surface area contributed by atoms with E-state index in [1.165, 1.54) is 4.90 Å². The van der Waals surface area contributed by atoms with Crippen LogP contribution in [-0.2, 0) is 4.79 Å². The first kappa shape index (κ1) is 8.62. The lowest BCUT2D eigenvalue weighted by Crippen LogP contribution is -2.39. The minimum absolute atomic E-state index is 0.120. The maximum atomic E-state index is 11.2. The van der Waals surface area contributed by atoms with Gasteiger partial charge in [-0.3, -0.25) is 4.79 Å². The average molecular weight is 173 g/mol. The van der Waals surface area contributed by atoms with Gasteiger partial charge in [0.15, 0.2) is 5.44 Å². The summed E-state index contributed by atoms with van der Waals surface area (Å²) in [6.45, 7) is 3.82. The maximum Gasteiger partial charge on any atom is 0.266 e. The molecule has 1 rings (SSSR count). The lowest BCUT2D eigenvalue weighted by molar-refractivity contribution is -0.134. The normalized spacial score (nSPS) is 24.9. The molecule has 11 heavy (non-hydrogen) atoms. The third-order valence-corrected chi connectivity index (χ3v) is 2.19. The van der Waals surface area contributed by atoms with Crippen LogP contribution in [0.15, 0.2) is 11.6 Å². The number of hydrogen-bond donors (Lipinski definition) is 1. The molecule has 62 valence electrons. The van der Waals surface area contributed by atoms with E-state index in [9.17, 15) is 4.79 Å². The summed E-state index contributed by atoms with van der Waals surface area (Å²) in [6.07, 6.45) is 1.70. The molecule has 0 aliphatic carbocycles. The second-order valence-electron chi connectivity index (χ2n) is 2.61. The molecule has 1 heterocycles. The van der Waals surface area contributed by atoms with Crippen LogP contribution < -0.4 is 0 Å². The first-order chi connectivity index (χ1) is 5.13. The lowest BCUT2D eigenvalue weighted by atomic mass is 10.3. The van der Waals surface area contributed by atoms with E-state index in [1.54, 1.807) is 11.6 Å². The Hall–Kier alpha value is -0.480. The van der Waals surface area contributed by atoms with Crippen molar-refractivity contribution in [3.63, 3.8) is 0 Å². The molecule has 1 N–H and O–H groups in total. The Balaban J connectivity index is 2.73. The topological polar surface area (TPSA) is 40.5 Å². The molecule has 1 atom stereocenters. The van der Waals surface area contributed by atoms with Crippen molar-refractivity contribution in [1.29, 1.82) is 0 Å². The van der Waals surface area contributed by atoms with Crippen LogP contribution in [0.1, 0.15) is 13.8 Å².